The molecule has 0 atom stereocenters. The van der Waals surface area contributed by atoms with Gasteiger partial charge in [0, 0.05) is 30.8 Å². The summed E-state index contributed by atoms with van der Waals surface area (Å²) in [6.07, 6.45) is 0. The van der Waals surface area contributed by atoms with Crippen molar-refractivity contribution in [3.63, 3.8) is 0 Å². The van der Waals surface area contributed by atoms with Gasteiger partial charge in [-0.05, 0) is 36.8 Å². The number of aliphatic imine (C=N–C) groups is 1. The van der Waals surface area contributed by atoms with Gasteiger partial charge in [-0.1, -0.05) is 24.3 Å². The summed E-state index contributed by atoms with van der Waals surface area (Å²) in [4.78, 5) is 5.54. The van der Waals surface area contributed by atoms with Gasteiger partial charge in [0.2, 0.25) is 0 Å². The van der Waals surface area contributed by atoms with E-state index in [-0.39, 0.29) is 24.0 Å². The number of ether oxygens (including phenoxy) is 2. The zero-order valence-corrected chi connectivity index (χ0v) is 19.2. The molecule has 2 rings (SSSR count). The van der Waals surface area contributed by atoms with E-state index < -0.39 is 0 Å². The van der Waals surface area contributed by atoms with Crippen LogP contribution in [0.1, 0.15) is 12.5 Å². The minimum Gasteiger partial charge on any atom is -0.493 e. The van der Waals surface area contributed by atoms with Crippen molar-refractivity contribution in [1.29, 1.82) is 0 Å². The lowest BCUT2D eigenvalue weighted by Gasteiger charge is -2.14. The molecule has 0 saturated carbocycles. The zero-order valence-electron chi connectivity index (χ0n) is 16.0. The zero-order chi connectivity index (χ0) is 18.6. The highest BCUT2D eigenvalue weighted by Gasteiger charge is 2.06. The molecule has 7 heteroatoms. The highest BCUT2D eigenvalue weighted by Crippen LogP contribution is 2.27. The maximum atomic E-state index is 5.55. The summed E-state index contributed by atoms with van der Waals surface area (Å²) >= 11 is 1.82. The topological polar surface area (TPSA) is 54.9 Å². The van der Waals surface area contributed by atoms with Gasteiger partial charge in [0.05, 0.1) is 13.7 Å². The molecule has 0 unspecified atom stereocenters. The maximum Gasteiger partial charge on any atom is 0.191 e. The Morgan fingerprint density at radius 2 is 1.85 bits per heavy atom. The molecule has 0 heterocycles. The van der Waals surface area contributed by atoms with Crippen LogP contribution < -0.4 is 20.1 Å². The van der Waals surface area contributed by atoms with E-state index in [9.17, 15) is 0 Å². The molecule has 2 aromatic carbocycles. The predicted molar refractivity (Wildman–Crippen MR) is 125 cm³/mol. The number of rotatable bonds is 9. The molecule has 5 nitrogen and oxygen atoms in total. The molecule has 0 bridgehead atoms. The number of nitrogens with zero attached hydrogens (tertiary/aromatic N) is 1. The van der Waals surface area contributed by atoms with Crippen LogP contribution in [-0.4, -0.2) is 39.0 Å². The normalized spacial score (nSPS) is 10.7. The number of thioether (sulfide) groups is 1. The molecule has 0 fully saturated rings. The average Bonchev–Trinajstić information content (AvgIpc) is 2.69. The van der Waals surface area contributed by atoms with Gasteiger partial charge in [-0.25, -0.2) is 0 Å². The third-order valence-corrected chi connectivity index (χ3v) is 4.63. The molecular formula is C20H28IN3O2S. The van der Waals surface area contributed by atoms with Crippen molar-refractivity contribution in [3.8, 4) is 11.5 Å². The van der Waals surface area contributed by atoms with Crippen molar-refractivity contribution >= 4 is 41.7 Å². The summed E-state index contributed by atoms with van der Waals surface area (Å²) in [5.41, 5.74) is 1.10. The Hall–Kier alpha value is -1.61. The third kappa shape index (κ3) is 8.30. The van der Waals surface area contributed by atoms with Crippen LogP contribution in [0.15, 0.2) is 58.4 Å². The van der Waals surface area contributed by atoms with Gasteiger partial charge in [0.25, 0.3) is 0 Å². The number of hydrogen-bond donors (Lipinski definition) is 2. The van der Waals surface area contributed by atoms with Gasteiger partial charge in [-0.2, -0.15) is 0 Å². The maximum absolute atomic E-state index is 5.55. The van der Waals surface area contributed by atoms with Crippen LogP contribution in [0.4, 0.5) is 0 Å². The fraction of sp³-hybridized carbons (Fsp3) is 0.350. The number of guanidine groups is 1. The smallest absolute Gasteiger partial charge is 0.191 e. The van der Waals surface area contributed by atoms with Crippen molar-refractivity contribution in [2.45, 2.75) is 18.4 Å². The van der Waals surface area contributed by atoms with Gasteiger partial charge >= 0.3 is 0 Å². The second-order valence-corrected chi connectivity index (χ2v) is 6.60. The highest BCUT2D eigenvalue weighted by atomic mass is 127. The minimum atomic E-state index is 0. The fourth-order valence-electron chi connectivity index (χ4n) is 2.36. The van der Waals surface area contributed by atoms with E-state index in [2.05, 4.69) is 39.9 Å². The summed E-state index contributed by atoms with van der Waals surface area (Å²) in [7, 11) is 3.43. The molecule has 0 aliphatic heterocycles. The molecular weight excluding hydrogens is 473 g/mol. The van der Waals surface area contributed by atoms with Crippen LogP contribution in [0.25, 0.3) is 0 Å². The van der Waals surface area contributed by atoms with Gasteiger partial charge in [0.15, 0.2) is 17.5 Å². The third-order valence-electron chi connectivity index (χ3n) is 3.62. The molecule has 2 N–H and O–H groups in total. The fourth-order valence-corrected chi connectivity index (χ4v) is 3.15. The van der Waals surface area contributed by atoms with E-state index in [4.69, 9.17) is 9.47 Å². The van der Waals surface area contributed by atoms with E-state index in [0.29, 0.717) is 13.2 Å². The second-order valence-electron chi connectivity index (χ2n) is 5.43. The summed E-state index contributed by atoms with van der Waals surface area (Å²) < 4.78 is 10.9. The minimum absolute atomic E-state index is 0. The Bertz CT molecular complexity index is 699. The summed E-state index contributed by atoms with van der Waals surface area (Å²) in [6.45, 7) is 4.08. The van der Waals surface area contributed by atoms with Gasteiger partial charge < -0.3 is 20.1 Å². The molecule has 0 aromatic heterocycles. The van der Waals surface area contributed by atoms with E-state index in [0.717, 1.165) is 35.3 Å². The molecule has 2 aromatic rings. The Kier molecular flexibility index (Phi) is 11.8. The molecule has 0 aliphatic rings. The van der Waals surface area contributed by atoms with Crippen molar-refractivity contribution in [1.82, 2.24) is 10.6 Å². The van der Waals surface area contributed by atoms with Gasteiger partial charge in [0.1, 0.15) is 0 Å². The SMILES string of the molecule is CCOc1ccc(CNC(=NC)NCCSc2ccccc2)cc1OC.I. The standard InChI is InChI=1S/C20H27N3O2S.HI/c1-4-25-18-11-10-16(14-19(18)24-3)15-23-20(21-2)22-12-13-26-17-8-6-5-7-9-17;/h5-11,14H,4,12-13,15H2,1-3H3,(H2,21,22,23);1H. The number of methoxy groups -OCH3 is 1. The number of nitrogens with one attached hydrogen (secondary N) is 2. The molecule has 0 saturated heterocycles. The highest BCUT2D eigenvalue weighted by molar-refractivity contribution is 14.0. The first-order chi connectivity index (χ1) is 12.8. The Balaban J connectivity index is 0.00000364. The molecule has 0 aliphatic carbocycles. The summed E-state index contributed by atoms with van der Waals surface area (Å²) in [5, 5.41) is 6.65. The van der Waals surface area contributed by atoms with Crippen molar-refractivity contribution in [2.75, 3.05) is 33.1 Å². The summed E-state index contributed by atoms with van der Waals surface area (Å²) in [5.74, 6) is 3.26. The molecule has 27 heavy (non-hydrogen) atoms. The largest absolute Gasteiger partial charge is 0.493 e. The number of benzene rings is 2. The second kappa shape index (κ2) is 13.5. The molecule has 0 amide bonds. The van der Waals surface area contributed by atoms with Crippen LogP contribution in [0.3, 0.4) is 0 Å². The first-order valence-corrected chi connectivity index (χ1v) is 9.67. The van der Waals surface area contributed by atoms with Crippen molar-refractivity contribution in [3.05, 3.63) is 54.1 Å². The van der Waals surface area contributed by atoms with Crippen LogP contribution in [0.2, 0.25) is 0 Å². The lowest BCUT2D eigenvalue weighted by Crippen LogP contribution is -2.37. The van der Waals surface area contributed by atoms with Crippen LogP contribution in [-0.2, 0) is 6.54 Å². The summed E-state index contributed by atoms with van der Waals surface area (Å²) in [6, 6.07) is 16.3. The molecule has 0 radical (unpaired) electrons. The predicted octanol–water partition coefficient (Wildman–Crippen LogP) is 4.17. The van der Waals surface area contributed by atoms with Crippen LogP contribution in [0, 0.1) is 0 Å². The van der Waals surface area contributed by atoms with E-state index in [1.807, 2.05) is 43.0 Å². The Morgan fingerprint density at radius 3 is 2.52 bits per heavy atom. The van der Waals surface area contributed by atoms with Crippen LogP contribution >= 0.6 is 35.7 Å². The lowest BCUT2D eigenvalue weighted by molar-refractivity contribution is 0.310. The molecule has 0 spiro atoms. The monoisotopic (exact) mass is 501 g/mol. The van der Waals surface area contributed by atoms with E-state index >= 15 is 0 Å². The Morgan fingerprint density at radius 1 is 1.07 bits per heavy atom. The van der Waals surface area contributed by atoms with E-state index in [1.54, 1.807) is 14.2 Å². The van der Waals surface area contributed by atoms with Crippen molar-refractivity contribution in [2.24, 2.45) is 4.99 Å². The van der Waals surface area contributed by atoms with Crippen LogP contribution in [0.5, 0.6) is 11.5 Å². The first kappa shape index (κ1) is 23.4. The lowest BCUT2D eigenvalue weighted by atomic mass is 10.2. The first-order valence-electron chi connectivity index (χ1n) is 8.69. The van der Waals surface area contributed by atoms with Gasteiger partial charge in [-0.3, -0.25) is 4.99 Å². The van der Waals surface area contributed by atoms with E-state index in [1.165, 1.54) is 4.90 Å². The Labute approximate surface area is 183 Å². The molecule has 148 valence electrons. The number of hydrogen-bond acceptors (Lipinski definition) is 4. The number of halogens is 1. The quantitative estimate of drug-likeness (QED) is 0.178. The van der Waals surface area contributed by atoms with Gasteiger partial charge in [-0.15, -0.1) is 35.7 Å². The average molecular weight is 501 g/mol. The van der Waals surface area contributed by atoms with Crippen molar-refractivity contribution < 1.29 is 9.47 Å².